The molecule has 22 heavy (non-hydrogen) atoms. The quantitative estimate of drug-likeness (QED) is 0.890. The lowest BCUT2D eigenvalue weighted by atomic mass is 10.1. The van der Waals surface area contributed by atoms with Gasteiger partial charge in [0.25, 0.3) is 0 Å². The van der Waals surface area contributed by atoms with E-state index in [1.165, 1.54) is 0 Å². The summed E-state index contributed by atoms with van der Waals surface area (Å²) in [6.07, 6.45) is 0.695. The SMILES string of the molecule is CNC(=O)Cc1ccc(NC(=O)Cc2ccccc2C)cc1. The van der Waals surface area contributed by atoms with Gasteiger partial charge in [0, 0.05) is 12.7 Å². The van der Waals surface area contributed by atoms with Crippen molar-refractivity contribution in [3.63, 3.8) is 0 Å². The average Bonchev–Trinajstić information content (AvgIpc) is 2.51. The van der Waals surface area contributed by atoms with Crippen LogP contribution in [-0.2, 0) is 22.4 Å². The van der Waals surface area contributed by atoms with E-state index < -0.39 is 0 Å². The normalized spacial score (nSPS) is 10.1. The number of anilines is 1. The molecule has 2 rings (SSSR count). The van der Waals surface area contributed by atoms with E-state index in [2.05, 4.69) is 10.6 Å². The van der Waals surface area contributed by atoms with Gasteiger partial charge in [0.2, 0.25) is 11.8 Å². The second-order valence-corrected chi connectivity index (χ2v) is 5.20. The topological polar surface area (TPSA) is 58.2 Å². The highest BCUT2D eigenvalue weighted by Crippen LogP contribution is 2.12. The molecule has 0 atom stereocenters. The van der Waals surface area contributed by atoms with Crippen molar-refractivity contribution in [2.24, 2.45) is 0 Å². The summed E-state index contributed by atoms with van der Waals surface area (Å²) in [6.45, 7) is 2.00. The fraction of sp³-hybridized carbons (Fsp3) is 0.222. The van der Waals surface area contributed by atoms with Gasteiger partial charge in [-0.15, -0.1) is 0 Å². The van der Waals surface area contributed by atoms with Gasteiger partial charge in [-0.25, -0.2) is 0 Å². The van der Waals surface area contributed by atoms with E-state index in [0.29, 0.717) is 12.8 Å². The fourth-order valence-corrected chi connectivity index (χ4v) is 2.17. The molecule has 0 radical (unpaired) electrons. The Labute approximate surface area is 130 Å². The van der Waals surface area contributed by atoms with Crippen molar-refractivity contribution in [1.29, 1.82) is 0 Å². The summed E-state index contributed by atoms with van der Waals surface area (Å²) in [5.74, 6) is -0.0790. The number of carbonyl (C=O) groups is 2. The second kappa shape index (κ2) is 7.41. The molecule has 0 aliphatic carbocycles. The molecule has 0 saturated heterocycles. The fourth-order valence-electron chi connectivity index (χ4n) is 2.17. The van der Waals surface area contributed by atoms with Crippen LogP contribution in [-0.4, -0.2) is 18.9 Å². The first-order chi connectivity index (χ1) is 10.6. The Hall–Kier alpha value is -2.62. The second-order valence-electron chi connectivity index (χ2n) is 5.20. The molecule has 0 heterocycles. The van der Waals surface area contributed by atoms with Crippen LogP contribution in [0.15, 0.2) is 48.5 Å². The molecule has 2 N–H and O–H groups in total. The molecule has 2 amide bonds. The highest BCUT2D eigenvalue weighted by atomic mass is 16.2. The zero-order chi connectivity index (χ0) is 15.9. The number of hydrogen-bond donors (Lipinski definition) is 2. The van der Waals surface area contributed by atoms with E-state index in [4.69, 9.17) is 0 Å². The van der Waals surface area contributed by atoms with Crippen LogP contribution in [0.25, 0.3) is 0 Å². The monoisotopic (exact) mass is 296 g/mol. The molecule has 0 aliphatic heterocycles. The Morgan fingerprint density at radius 1 is 0.909 bits per heavy atom. The van der Waals surface area contributed by atoms with E-state index >= 15 is 0 Å². The van der Waals surface area contributed by atoms with Crippen molar-refractivity contribution in [2.75, 3.05) is 12.4 Å². The molecule has 4 nitrogen and oxygen atoms in total. The van der Waals surface area contributed by atoms with Crippen LogP contribution in [0, 0.1) is 6.92 Å². The van der Waals surface area contributed by atoms with E-state index in [1.54, 1.807) is 7.05 Å². The molecular weight excluding hydrogens is 276 g/mol. The summed E-state index contributed by atoms with van der Waals surface area (Å²) >= 11 is 0. The summed E-state index contributed by atoms with van der Waals surface area (Å²) in [4.78, 5) is 23.4. The largest absolute Gasteiger partial charge is 0.359 e. The van der Waals surface area contributed by atoms with Crippen LogP contribution in [0.5, 0.6) is 0 Å². The summed E-state index contributed by atoms with van der Waals surface area (Å²) in [7, 11) is 1.61. The minimum Gasteiger partial charge on any atom is -0.359 e. The maximum Gasteiger partial charge on any atom is 0.228 e. The molecule has 0 aromatic heterocycles. The number of carbonyl (C=O) groups excluding carboxylic acids is 2. The molecule has 4 heteroatoms. The van der Waals surface area contributed by atoms with Crippen molar-refractivity contribution < 1.29 is 9.59 Å². The maximum absolute atomic E-state index is 12.1. The molecule has 0 saturated carbocycles. The Morgan fingerprint density at radius 2 is 1.59 bits per heavy atom. The zero-order valence-electron chi connectivity index (χ0n) is 12.8. The van der Waals surface area contributed by atoms with Gasteiger partial charge in [-0.05, 0) is 35.7 Å². The number of hydrogen-bond acceptors (Lipinski definition) is 2. The van der Waals surface area contributed by atoms with Crippen molar-refractivity contribution in [3.8, 4) is 0 Å². The highest BCUT2D eigenvalue weighted by molar-refractivity contribution is 5.92. The van der Waals surface area contributed by atoms with Gasteiger partial charge in [0.05, 0.1) is 12.8 Å². The van der Waals surface area contributed by atoms with Crippen molar-refractivity contribution in [2.45, 2.75) is 19.8 Å². The summed E-state index contributed by atoms with van der Waals surface area (Å²) in [6, 6.07) is 15.2. The minimum absolute atomic E-state index is 0.0312. The van der Waals surface area contributed by atoms with Crippen molar-refractivity contribution >= 4 is 17.5 Å². The highest BCUT2D eigenvalue weighted by Gasteiger charge is 2.06. The van der Waals surface area contributed by atoms with Crippen LogP contribution in [0.4, 0.5) is 5.69 Å². The predicted molar refractivity (Wildman–Crippen MR) is 87.7 cm³/mol. The molecule has 0 unspecified atom stereocenters. The van der Waals surface area contributed by atoms with Gasteiger partial charge in [0.15, 0.2) is 0 Å². The maximum atomic E-state index is 12.1. The Balaban J connectivity index is 1.94. The van der Waals surface area contributed by atoms with E-state index in [9.17, 15) is 9.59 Å². The number of aryl methyl sites for hydroxylation is 1. The van der Waals surface area contributed by atoms with Crippen LogP contribution < -0.4 is 10.6 Å². The molecule has 0 fully saturated rings. The van der Waals surface area contributed by atoms with Gasteiger partial charge in [-0.2, -0.15) is 0 Å². The summed E-state index contributed by atoms with van der Waals surface area (Å²) < 4.78 is 0. The molecule has 114 valence electrons. The smallest absolute Gasteiger partial charge is 0.228 e. The van der Waals surface area contributed by atoms with Gasteiger partial charge in [0.1, 0.15) is 0 Å². The number of nitrogens with one attached hydrogen (secondary N) is 2. The van der Waals surface area contributed by atoms with Gasteiger partial charge in [-0.1, -0.05) is 36.4 Å². The van der Waals surface area contributed by atoms with E-state index in [-0.39, 0.29) is 11.8 Å². The first kappa shape index (κ1) is 15.8. The predicted octanol–water partition coefficient (Wildman–Crippen LogP) is 2.46. The van der Waals surface area contributed by atoms with E-state index in [0.717, 1.165) is 22.4 Å². The van der Waals surface area contributed by atoms with Crippen LogP contribution in [0.3, 0.4) is 0 Å². The van der Waals surface area contributed by atoms with Crippen LogP contribution in [0.2, 0.25) is 0 Å². The van der Waals surface area contributed by atoms with Crippen LogP contribution >= 0.6 is 0 Å². The third-order valence-electron chi connectivity index (χ3n) is 3.49. The van der Waals surface area contributed by atoms with Gasteiger partial charge < -0.3 is 10.6 Å². The average molecular weight is 296 g/mol. The zero-order valence-corrected chi connectivity index (χ0v) is 12.8. The number of amides is 2. The first-order valence-corrected chi connectivity index (χ1v) is 7.22. The van der Waals surface area contributed by atoms with Crippen LogP contribution in [0.1, 0.15) is 16.7 Å². The molecule has 0 bridgehead atoms. The van der Waals surface area contributed by atoms with Crippen molar-refractivity contribution in [3.05, 3.63) is 65.2 Å². The number of rotatable bonds is 5. The summed E-state index contributed by atoms with van der Waals surface area (Å²) in [5, 5.41) is 5.46. The lowest BCUT2D eigenvalue weighted by Gasteiger charge is -2.08. The summed E-state index contributed by atoms with van der Waals surface area (Å²) in [5.41, 5.74) is 3.78. The van der Waals surface area contributed by atoms with Gasteiger partial charge in [-0.3, -0.25) is 9.59 Å². The third-order valence-corrected chi connectivity index (χ3v) is 3.49. The lowest BCUT2D eigenvalue weighted by molar-refractivity contribution is -0.120. The number of likely N-dealkylation sites (N-methyl/N-ethyl adjacent to an activating group) is 1. The van der Waals surface area contributed by atoms with E-state index in [1.807, 2.05) is 55.5 Å². The molecule has 2 aromatic rings. The number of benzene rings is 2. The Morgan fingerprint density at radius 3 is 2.23 bits per heavy atom. The molecular formula is C18H20N2O2. The standard InChI is InChI=1S/C18H20N2O2/c1-13-5-3-4-6-15(13)12-18(22)20-16-9-7-14(8-10-16)11-17(21)19-2/h3-10H,11-12H2,1-2H3,(H,19,21)(H,20,22). The first-order valence-electron chi connectivity index (χ1n) is 7.22. The lowest BCUT2D eigenvalue weighted by Crippen LogP contribution is -2.20. The molecule has 2 aromatic carbocycles. The van der Waals surface area contributed by atoms with Crippen molar-refractivity contribution in [1.82, 2.24) is 5.32 Å². The third kappa shape index (κ3) is 4.45. The van der Waals surface area contributed by atoms with Gasteiger partial charge >= 0.3 is 0 Å². The Bertz CT molecular complexity index is 663. The molecule has 0 aliphatic rings. The minimum atomic E-state index is -0.0478. The molecule has 0 spiro atoms. The Kier molecular flexibility index (Phi) is 5.31.